The van der Waals surface area contributed by atoms with Crippen LogP contribution in [0.1, 0.15) is 28.5 Å². The van der Waals surface area contributed by atoms with Crippen LogP contribution in [0.3, 0.4) is 0 Å². The van der Waals surface area contributed by atoms with Gasteiger partial charge in [0.15, 0.2) is 11.8 Å². The highest BCUT2D eigenvalue weighted by Gasteiger charge is 2.23. The van der Waals surface area contributed by atoms with E-state index >= 15 is 0 Å². The molecule has 0 bridgehead atoms. The maximum atomic E-state index is 12.7. The van der Waals surface area contributed by atoms with Gasteiger partial charge in [0.05, 0.1) is 11.4 Å². The van der Waals surface area contributed by atoms with E-state index < -0.39 is 28.0 Å². The average molecular weight is 499 g/mol. The molecule has 0 aliphatic carbocycles. The zero-order valence-electron chi connectivity index (χ0n) is 19.8. The monoisotopic (exact) mass is 498 g/mol. The summed E-state index contributed by atoms with van der Waals surface area (Å²) >= 11 is 0. The summed E-state index contributed by atoms with van der Waals surface area (Å²) in [7, 11) is -0.880. The summed E-state index contributed by atoms with van der Waals surface area (Å²) in [5.74, 6) is -1.53. The first kappa shape index (κ1) is 25.8. The third kappa shape index (κ3) is 6.19. The fourth-order valence-electron chi connectivity index (χ4n) is 3.04. The fraction of sp³-hybridized carbons (Fsp3) is 0.250. The highest BCUT2D eigenvalue weighted by Crippen LogP contribution is 2.22. The Morgan fingerprint density at radius 1 is 1.09 bits per heavy atom. The summed E-state index contributed by atoms with van der Waals surface area (Å²) in [5.41, 5.74) is 1.21. The van der Waals surface area contributed by atoms with Crippen LogP contribution in [0, 0.1) is 6.92 Å². The van der Waals surface area contributed by atoms with E-state index in [0.717, 1.165) is 14.6 Å². The molecular weight excluding hydrogens is 472 g/mol. The van der Waals surface area contributed by atoms with Crippen molar-refractivity contribution in [3.8, 4) is 0 Å². The molecule has 1 heterocycles. The molecule has 0 fully saturated rings. The molecule has 1 amide bonds. The van der Waals surface area contributed by atoms with Crippen LogP contribution in [0.25, 0.3) is 0 Å². The minimum atomic E-state index is -3.70. The Morgan fingerprint density at radius 2 is 1.77 bits per heavy atom. The van der Waals surface area contributed by atoms with Gasteiger partial charge >= 0.3 is 5.97 Å². The second kappa shape index (κ2) is 10.6. The molecule has 0 unspecified atom stereocenters. The predicted molar refractivity (Wildman–Crippen MR) is 130 cm³/mol. The summed E-state index contributed by atoms with van der Waals surface area (Å²) in [6.45, 7) is 3.25. The van der Waals surface area contributed by atoms with Crippen LogP contribution in [-0.4, -0.2) is 54.6 Å². The Bertz CT molecular complexity index is 1400. The van der Waals surface area contributed by atoms with Crippen molar-refractivity contribution in [1.82, 2.24) is 14.1 Å². The number of esters is 1. The van der Waals surface area contributed by atoms with Gasteiger partial charge in [-0.25, -0.2) is 22.2 Å². The molecule has 3 rings (SSSR count). The van der Waals surface area contributed by atoms with Crippen molar-refractivity contribution in [2.45, 2.75) is 31.4 Å². The lowest BCUT2D eigenvalue weighted by Gasteiger charge is -2.17. The number of sulfonamides is 1. The van der Waals surface area contributed by atoms with Crippen molar-refractivity contribution in [3.05, 3.63) is 87.8 Å². The smallest absolute Gasteiger partial charge is 0.359 e. The summed E-state index contributed by atoms with van der Waals surface area (Å²) in [5, 5.41) is 6.66. The van der Waals surface area contributed by atoms with E-state index in [1.165, 1.54) is 45.3 Å². The number of carbonyl (C=O) groups excluding carboxylic acids is 2. The number of ether oxygens (including phenoxy) is 1. The molecule has 0 aliphatic rings. The van der Waals surface area contributed by atoms with Crippen molar-refractivity contribution in [1.29, 1.82) is 0 Å². The topological polar surface area (TPSA) is 128 Å². The number of anilines is 1. The molecule has 2 aromatic carbocycles. The lowest BCUT2D eigenvalue weighted by molar-refractivity contribution is -0.123. The van der Waals surface area contributed by atoms with Gasteiger partial charge in [-0.2, -0.15) is 5.10 Å². The van der Waals surface area contributed by atoms with Crippen molar-refractivity contribution >= 4 is 27.6 Å². The highest BCUT2D eigenvalue weighted by atomic mass is 32.2. The van der Waals surface area contributed by atoms with E-state index in [4.69, 9.17) is 4.74 Å². The van der Waals surface area contributed by atoms with Gasteiger partial charge in [-0.05, 0) is 43.2 Å². The zero-order chi connectivity index (χ0) is 25.8. The van der Waals surface area contributed by atoms with E-state index in [9.17, 15) is 22.8 Å². The molecule has 0 saturated heterocycles. The molecule has 3 aromatic rings. The molecule has 184 valence electrons. The third-order valence-electron chi connectivity index (χ3n) is 5.15. The number of aryl methyl sites for hydroxylation is 1. The molecule has 10 nitrogen and oxygen atoms in total. The molecule has 1 atom stereocenters. The van der Waals surface area contributed by atoms with E-state index in [0.29, 0.717) is 5.56 Å². The molecule has 1 N–H and O–H groups in total. The number of hydrogen-bond donors (Lipinski definition) is 1. The van der Waals surface area contributed by atoms with Gasteiger partial charge in [-0.15, -0.1) is 0 Å². The number of amides is 1. The van der Waals surface area contributed by atoms with Crippen molar-refractivity contribution in [2.75, 3.05) is 19.4 Å². The Hall–Kier alpha value is -3.83. The van der Waals surface area contributed by atoms with E-state index in [2.05, 4.69) is 10.4 Å². The standard InChI is InChI=1S/C24H26N4O6S/c1-16-10-11-19(35(32,33)27(3)4)14-21(16)25-23(30)17(2)34-24(31)20-12-13-22(29)28(26-20)15-18-8-6-5-7-9-18/h5-14,17H,15H2,1-4H3,(H,25,30)/t17-/m1/s1. The Labute approximate surface area is 203 Å². The van der Waals surface area contributed by atoms with Gasteiger partial charge in [0.25, 0.3) is 11.5 Å². The first-order valence-corrected chi connectivity index (χ1v) is 12.1. The normalized spacial score (nSPS) is 12.3. The minimum Gasteiger partial charge on any atom is -0.448 e. The van der Waals surface area contributed by atoms with E-state index in [1.54, 1.807) is 13.0 Å². The van der Waals surface area contributed by atoms with Crippen LogP contribution in [0.5, 0.6) is 0 Å². The van der Waals surface area contributed by atoms with Crippen LogP contribution in [0.4, 0.5) is 5.69 Å². The van der Waals surface area contributed by atoms with Gasteiger partial charge in [-0.3, -0.25) is 9.59 Å². The predicted octanol–water partition coefficient (Wildman–Crippen LogP) is 2.03. The second-order valence-corrected chi connectivity index (χ2v) is 10.2. The first-order chi connectivity index (χ1) is 16.5. The van der Waals surface area contributed by atoms with E-state index in [-0.39, 0.29) is 28.4 Å². The van der Waals surface area contributed by atoms with Gasteiger partial charge < -0.3 is 10.1 Å². The largest absolute Gasteiger partial charge is 0.448 e. The molecular formula is C24H26N4O6S. The number of benzene rings is 2. The number of nitrogens with zero attached hydrogens (tertiary/aromatic N) is 3. The number of nitrogens with one attached hydrogen (secondary N) is 1. The lowest BCUT2D eigenvalue weighted by atomic mass is 10.2. The molecule has 0 spiro atoms. The van der Waals surface area contributed by atoms with E-state index in [1.807, 2.05) is 30.3 Å². The SMILES string of the molecule is Cc1ccc(S(=O)(=O)N(C)C)cc1NC(=O)[C@@H](C)OC(=O)c1ccc(=O)n(Cc2ccccc2)n1. The van der Waals surface area contributed by atoms with Crippen LogP contribution in [-0.2, 0) is 26.1 Å². The second-order valence-electron chi connectivity index (χ2n) is 8.00. The summed E-state index contributed by atoms with van der Waals surface area (Å²) < 4.78 is 32.2. The van der Waals surface area contributed by atoms with Crippen LogP contribution in [0.15, 0.2) is 70.4 Å². The fourth-order valence-corrected chi connectivity index (χ4v) is 3.97. The number of aromatic nitrogens is 2. The molecule has 35 heavy (non-hydrogen) atoms. The zero-order valence-corrected chi connectivity index (χ0v) is 20.6. The van der Waals surface area contributed by atoms with Gasteiger partial charge in [-0.1, -0.05) is 36.4 Å². The van der Waals surface area contributed by atoms with Crippen LogP contribution in [0.2, 0.25) is 0 Å². The molecule has 0 aliphatic heterocycles. The Kier molecular flexibility index (Phi) is 7.82. The van der Waals surface area contributed by atoms with Crippen LogP contribution >= 0.6 is 0 Å². The molecule has 0 saturated carbocycles. The number of rotatable bonds is 8. The lowest BCUT2D eigenvalue weighted by Crippen LogP contribution is -2.32. The van der Waals surface area contributed by atoms with Crippen molar-refractivity contribution in [3.63, 3.8) is 0 Å². The van der Waals surface area contributed by atoms with Gasteiger partial charge in [0.2, 0.25) is 10.0 Å². The summed E-state index contributed by atoms with van der Waals surface area (Å²) in [6.07, 6.45) is -1.22. The quantitative estimate of drug-likeness (QED) is 0.471. The summed E-state index contributed by atoms with van der Waals surface area (Å²) in [6, 6.07) is 15.9. The van der Waals surface area contributed by atoms with Gasteiger partial charge in [0.1, 0.15) is 0 Å². The average Bonchev–Trinajstić information content (AvgIpc) is 2.82. The maximum Gasteiger partial charge on any atom is 0.359 e. The van der Waals surface area contributed by atoms with Crippen molar-refractivity contribution < 1.29 is 22.7 Å². The van der Waals surface area contributed by atoms with Crippen molar-refractivity contribution in [2.24, 2.45) is 0 Å². The van der Waals surface area contributed by atoms with Gasteiger partial charge in [0, 0.05) is 25.8 Å². The molecule has 11 heteroatoms. The molecule has 0 radical (unpaired) electrons. The minimum absolute atomic E-state index is 0.0120. The summed E-state index contributed by atoms with van der Waals surface area (Å²) in [4.78, 5) is 37.4. The maximum absolute atomic E-state index is 12.7. The highest BCUT2D eigenvalue weighted by molar-refractivity contribution is 7.89. The Morgan fingerprint density at radius 3 is 2.43 bits per heavy atom. The first-order valence-electron chi connectivity index (χ1n) is 10.7. The Balaban J connectivity index is 1.72. The third-order valence-corrected chi connectivity index (χ3v) is 6.96. The number of carbonyl (C=O) groups is 2. The number of hydrogen-bond acceptors (Lipinski definition) is 7. The van der Waals surface area contributed by atoms with Crippen LogP contribution < -0.4 is 10.9 Å². The molecule has 1 aromatic heterocycles.